The Morgan fingerprint density at radius 3 is 3.00 bits per heavy atom. The molecule has 90 valence electrons. The Balaban J connectivity index is 2.05. The second-order valence-corrected chi connectivity index (χ2v) is 4.69. The van der Waals surface area contributed by atoms with Gasteiger partial charge in [0.25, 0.3) is 5.91 Å². The van der Waals surface area contributed by atoms with Gasteiger partial charge in [0.15, 0.2) is 5.82 Å². The lowest BCUT2D eigenvalue weighted by molar-refractivity contribution is 0.102. The summed E-state index contributed by atoms with van der Waals surface area (Å²) < 4.78 is 0. The highest BCUT2D eigenvalue weighted by atomic mass is 32.1. The van der Waals surface area contributed by atoms with Crippen LogP contribution in [0.15, 0.2) is 16.8 Å². The Kier molecular flexibility index (Phi) is 3.58. The van der Waals surface area contributed by atoms with E-state index in [1.165, 1.54) is 11.3 Å². The molecule has 4 nitrogen and oxygen atoms in total. The van der Waals surface area contributed by atoms with Crippen LogP contribution >= 0.6 is 11.3 Å². The van der Waals surface area contributed by atoms with Crippen molar-refractivity contribution in [3.8, 4) is 0 Å². The van der Waals surface area contributed by atoms with Gasteiger partial charge in [0.2, 0.25) is 0 Å². The number of carbonyl (C=O) groups is 1. The number of aromatic amines is 1. The fraction of sp³-hybridized carbons (Fsp3) is 0.333. The van der Waals surface area contributed by atoms with Crippen LogP contribution in [-0.4, -0.2) is 16.1 Å². The zero-order chi connectivity index (χ0) is 12.3. The summed E-state index contributed by atoms with van der Waals surface area (Å²) in [5, 5.41) is 13.6. The van der Waals surface area contributed by atoms with Gasteiger partial charge in [-0.3, -0.25) is 9.89 Å². The molecule has 2 aromatic rings. The minimum absolute atomic E-state index is 0.0988. The van der Waals surface area contributed by atoms with E-state index in [2.05, 4.69) is 22.4 Å². The number of thiophene rings is 1. The first-order chi connectivity index (χ1) is 8.20. The lowest BCUT2D eigenvalue weighted by atomic mass is 10.2. The Bertz CT molecular complexity index is 515. The Labute approximate surface area is 104 Å². The first kappa shape index (κ1) is 11.9. The first-order valence-corrected chi connectivity index (χ1v) is 6.53. The summed E-state index contributed by atoms with van der Waals surface area (Å²) >= 11 is 1.53. The fourth-order valence-corrected chi connectivity index (χ4v) is 2.43. The van der Waals surface area contributed by atoms with E-state index < -0.39 is 0 Å². The molecular formula is C12H15N3OS. The number of aromatic nitrogens is 2. The molecule has 0 atom stereocenters. The largest absolute Gasteiger partial charge is 0.305 e. The molecular weight excluding hydrogens is 234 g/mol. The van der Waals surface area contributed by atoms with Crippen molar-refractivity contribution in [3.05, 3.63) is 33.6 Å². The molecule has 2 heterocycles. The van der Waals surface area contributed by atoms with E-state index in [-0.39, 0.29) is 5.91 Å². The maximum Gasteiger partial charge on any atom is 0.257 e. The SMILES string of the molecule is CCCc1cc(NC(=O)c2cscc2C)n[nH]1. The summed E-state index contributed by atoms with van der Waals surface area (Å²) in [5.74, 6) is 0.488. The van der Waals surface area contributed by atoms with Crippen LogP contribution in [0, 0.1) is 6.92 Å². The normalized spacial score (nSPS) is 10.5. The van der Waals surface area contributed by atoms with Crippen LogP contribution in [0.4, 0.5) is 5.82 Å². The van der Waals surface area contributed by atoms with E-state index in [0.29, 0.717) is 5.82 Å². The second kappa shape index (κ2) is 5.14. The topological polar surface area (TPSA) is 57.8 Å². The number of nitrogens with zero attached hydrogens (tertiary/aromatic N) is 1. The van der Waals surface area contributed by atoms with E-state index in [0.717, 1.165) is 29.7 Å². The smallest absolute Gasteiger partial charge is 0.257 e. The number of carbonyl (C=O) groups excluding carboxylic acids is 1. The quantitative estimate of drug-likeness (QED) is 0.875. The van der Waals surface area contributed by atoms with Crippen LogP contribution in [0.3, 0.4) is 0 Å². The number of rotatable bonds is 4. The van der Waals surface area contributed by atoms with Crippen LogP contribution in [0.1, 0.15) is 35.0 Å². The average Bonchev–Trinajstić information content (AvgIpc) is 2.88. The van der Waals surface area contributed by atoms with Gasteiger partial charge in [0.1, 0.15) is 0 Å². The van der Waals surface area contributed by atoms with Gasteiger partial charge in [0.05, 0.1) is 5.56 Å². The summed E-state index contributed by atoms with van der Waals surface area (Å²) in [6.07, 6.45) is 2.00. The summed E-state index contributed by atoms with van der Waals surface area (Å²) in [7, 11) is 0. The minimum atomic E-state index is -0.0988. The van der Waals surface area contributed by atoms with Crippen LogP contribution < -0.4 is 5.32 Å². The van der Waals surface area contributed by atoms with Gasteiger partial charge in [-0.05, 0) is 24.3 Å². The number of anilines is 1. The number of nitrogens with one attached hydrogen (secondary N) is 2. The van der Waals surface area contributed by atoms with Gasteiger partial charge in [0, 0.05) is 17.1 Å². The van der Waals surface area contributed by atoms with Crippen molar-refractivity contribution in [1.29, 1.82) is 0 Å². The van der Waals surface area contributed by atoms with E-state index in [4.69, 9.17) is 0 Å². The molecule has 0 bridgehead atoms. The van der Waals surface area contributed by atoms with E-state index in [1.807, 2.05) is 23.8 Å². The Morgan fingerprint density at radius 1 is 1.53 bits per heavy atom. The average molecular weight is 249 g/mol. The van der Waals surface area contributed by atoms with Gasteiger partial charge in [-0.1, -0.05) is 13.3 Å². The Hall–Kier alpha value is -1.62. The molecule has 0 saturated carbocycles. The number of aryl methyl sites for hydroxylation is 2. The molecule has 0 radical (unpaired) electrons. The van der Waals surface area contributed by atoms with E-state index in [9.17, 15) is 4.79 Å². The molecule has 2 N–H and O–H groups in total. The summed E-state index contributed by atoms with van der Waals surface area (Å²) in [4.78, 5) is 11.9. The molecule has 2 rings (SSSR count). The third kappa shape index (κ3) is 2.74. The van der Waals surface area contributed by atoms with Crippen molar-refractivity contribution in [2.45, 2.75) is 26.7 Å². The van der Waals surface area contributed by atoms with Gasteiger partial charge < -0.3 is 5.32 Å². The highest BCUT2D eigenvalue weighted by Gasteiger charge is 2.11. The number of H-pyrrole nitrogens is 1. The van der Waals surface area contributed by atoms with Crippen LogP contribution in [0.5, 0.6) is 0 Å². The number of hydrogen-bond acceptors (Lipinski definition) is 3. The Morgan fingerprint density at radius 2 is 2.35 bits per heavy atom. The van der Waals surface area contributed by atoms with Crippen molar-refractivity contribution in [3.63, 3.8) is 0 Å². The van der Waals surface area contributed by atoms with Gasteiger partial charge in [-0.25, -0.2) is 0 Å². The van der Waals surface area contributed by atoms with Crippen molar-refractivity contribution in [2.24, 2.45) is 0 Å². The molecule has 0 aliphatic heterocycles. The third-order valence-corrected chi connectivity index (χ3v) is 3.35. The zero-order valence-corrected chi connectivity index (χ0v) is 10.7. The second-order valence-electron chi connectivity index (χ2n) is 3.95. The molecule has 17 heavy (non-hydrogen) atoms. The molecule has 0 fully saturated rings. The fourth-order valence-electron chi connectivity index (χ4n) is 1.60. The van der Waals surface area contributed by atoms with Crippen molar-refractivity contribution in [1.82, 2.24) is 10.2 Å². The maximum atomic E-state index is 11.9. The number of hydrogen-bond donors (Lipinski definition) is 2. The molecule has 1 amide bonds. The molecule has 0 aliphatic rings. The number of amides is 1. The van der Waals surface area contributed by atoms with Crippen molar-refractivity contribution >= 4 is 23.1 Å². The van der Waals surface area contributed by atoms with Gasteiger partial charge >= 0.3 is 0 Å². The highest BCUT2D eigenvalue weighted by molar-refractivity contribution is 7.08. The molecule has 0 aliphatic carbocycles. The minimum Gasteiger partial charge on any atom is -0.305 e. The van der Waals surface area contributed by atoms with Crippen LogP contribution in [-0.2, 0) is 6.42 Å². The standard InChI is InChI=1S/C12H15N3OS/c1-3-4-9-5-11(15-14-9)13-12(16)10-7-17-6-8(10)2/h5-7H,3-4H2,1-2H3,(H2,13,14,15,16). The molecule has 0 aromatic carbocycles. The molecule has 0 spiro atoms. The highest BCUT2D eigenvalue weighted by Crippen LogP contribution is 2.16. The summed E-state index contributed by atoms with van der Waals surface area (Å²) in [6.45, 7) is 4.03. The first-order valence-electron chi connectivity index (χ1n) is 5.59. The van der Waals surface area contributed by atoms with Crippen molar-refractivity contribution < 1.29 is 4.79 Å². The van der Waals surface area contributed by atoms with Crippen LogP contribution in [0.25, 0.3) is 0 Å². The summed E-state index contributed by atoms with van der Waals surface area (Å²) in [5.41, 5.74) is 2.76. The van der Waals surface area contributed by atoms with Crippen LogP contribution in [0.2, 0.25) is 0 Å². The maximum absolute atomic E-state index is 11.9. The van der Waals surface area contributed by atoms with Crippen molar-refractivity contribution in [2.75, 3.05) is 5.32 Å². The lowest BCUT2D eigenvalue weighted by Gasteiger charge is -1.99. The molecule has 2 aromatic heterocycles. The lowest BCUT2D eigenvalue weighted by Crippen LogP contribution is -2.12. The molecule has 0 unspecified atom stereocenters. The monoisotopic (exact) mass is 249 g/mol. The zero-order valence-electron chi connectivity index (χ0n) is 9.91. The predicted molar refractivity (Wildman–Crippen MR) is 69.6 cm³/mol. The van der Waals surface area contributed by atoms with Gasteiger partial charge in [-0.15, -0.1) is 0 Å². The summed E-state index contributed by atoms with van der Waals surface area (Å²) in [6, 6.07) is 1.88. The molecule has 5 heteroatoms. The third-order valence-electron chi connectivity index (χ3n) is 2.49. The van der Waals surface area contributed by atoms with E-state index >= 15 is 0 Å². The predicted octanol–water partition coefficient (Wildman–Crippen LogP) is 2.98. The van der Waals surface area contributed by atoms with Gasteiger partial charge in [-0.2, -0.15) is 16.4 Å². The van der Waals surface area contributed by atoms with E-state index in [1.54, 1.807) is 0 Å². The molecule has 0 saturated heterocycles.